The lowest BCUT2D eigenvalue weighted by atomic mass is 9.91. The van der Waals surface area contributed by atoms with E-state index in [1.54, 1.807) is 13.4 Å². The van der Waals surface area contributed by atoms with Gasteiger partial charge in [0.25, 0.3) is 0 Å². The van der Waals surface area contributed by atoms with Gasteiger partial charge in [-0.1, -0.05) is 19.1 Å². The Hall–Kier alpha value is -2.04. The molecule has 21 heavy (non-hydrogen) atoms. The van der Waals surface area contributed by atoms with Crippen molar-refractivity contribution >= 4 is 5.69 Å². The van der Waals surface area contributed by atoms with Crippen molar-refractivity contribution in [2.75, 3.05) is 18.6 Å². The van der Waals surface area contributed by atoms with Crippen LogP contribution in [0.4, 0.5) is 5.69 Å². The van der Waals surface area contributed by atoms with Crippen LogP contribution in [0.3, 0.4) is 0 Å². The Morgan fingerprint density at radius 1 is 1.38 bits per heavy atom. The molecule has 0 fully saturated rings. The average molecular weight is 286 g/mol. The van der Waals surface area contributed by atoms with Gasteiger partial charge in [0.15, 0.2) is 0 Å². The Morgan fingerprint density at radius 3 is 3.00 bits per heavy atom. The summed E-state index contributed by atoms with van der Waals surface area (Å²) in [6.07, 6.45) is 2.79. The fourth-order valence-corrected chi connectivity index (χ4v) is 3.06. The zero-order valence-corrected chi connectivity index (χ0v) is 12.9. The molecule has 0 saturated carbocycles. The summed E-state index contributed by atoms with van der Waals surface area (Å²) in [5, 5.41) is 4.26. The lowest BCUT2D eigenvalue weighted by Crippen LogP contribution is -2.31. The maximum Gasteiger partial charge on any atom is 0.146 e. The van der Waals surface area contributed by atoms with Crippen molar-refractivity contribution < 1.29 is 4.74 Å². The Bertz CT molecular complexity index is 622. The summed E-state index contributed by atoms with van der Waals surface area (Å²) < 4.78 is 7.53. The van der Waals surface area contributed by atoms with Crippen molar-refractivity contribution in [1.82, 2.24) is 14.8 Å². The molecule has 0 unspecified atom stereocenters. The number of anilines is 1. The van der Waals surface area contributed by atoms with Crippen LogP contribution in [0.5, 0.6) is 5.75 Å². The van der Waals surface area contributed by atoms with Gasteiger partial charge < -0.3 is 9.64 Å². The second-order valence-corrected chi connectivity index (χ2v) is 5.50. The molecule has 0 bridgehead atoms. The standard InChI is InChI=1S/C16H22N4O/c1-4-20-15(17-11-18-20)10-19-9-8-12(2)13-6-5-7-14(21-3)16(13)19/h5-7,11-12H,4,8-10H2,1-3H3/t12-/m0/s1. The highest BCUT2D eigenvalue weighted by molar-refractivity contribution is 5.66. The number of fused-ring (bicyclic) bond motifs is 1. The summed E-state index contributed by atoms with van der Waals surface area (Å²) in [7, 11) is 1.74. The first-order valence-corrected chi connectivity index (χ1v) is 7.53. The fourth-order valence-electron chi connectivity index (χ4n) is 3.06. The van der Waals surface area contributed by atoms with Gasteiger partial charge in [0.05, 0.1) is 19.3 Å². The van der Waals surface area contributed by atoms with Gasteiger partial charge in [0, 0.05) is 13.1 Å². The molecule has 0 N–H and O–H groups in total. The molecule has 0 saturated heterocycles. The minimum atomic E-state index is 0.565. The maximum atomic E-state index is 5.58. The molecule has 5 heteroatoms. The summed E-state index contributed by atoms with van der Waals surface area (Å²) in [4.78, 5) is 6.76. The van der Waals surface area contributed by atoms with E-state index in [1.807, 2.05) is 10.7 Å². The van der Waals surface area contributed by atoms with Crippen LogP contribution >= 0.6 is 0 Å². The highest BCUT2D eigenvalue weighted by Crippen LogP contribution is 2.41. The Kier molecular flexibility index (Phi) is 3.82. The van der Waals surface area contributed by atoms with Crippen LogP contribution in [0.1, 0.15) is 37.6 Å². The van der Waals surface area contributed by atoms with Gasteiger partial charge >= 0.3 is 0 Å². The Labute approximate surface area is 125 Å². The Balaban J connectivity index is 1.97. The lowest BCUT2D eigenvalue weighted by Gasteiger charge is -2.35. The summed E-state index contributed by atoms with van der Waals surface area (Å²) >= 11 is 0. The van der Waals surface area contributed by atoms with Crippen molar-refractivity contribution in [1.29, 1.82) is 0 Å². The highest BCUT2D eigenvalue weighted by Gasteiger charge is 2.26. The van der Waals surface area contributed by atoms with Crippen LogP contribution in [-0.2, 0) is 13.1 Å². The van der Waals surface area contributed by atoms with Crippen molar-refractivity contribution in [3.63, 3.8) is 0 Å². The molecule has 2 aromatic rings. The molecule has 1 aliphatic rings. The molecule has 0 spiro atoms. The molecule has 1 aromatic carbocycles. The maximum absolute atomic E-state index is 5.58. The molecule has 1 atom stereocenters. The van der Waals surface area contributed by atoms with Crippen LogP contribution in [0.15, 0.2) is 24.5 Å². The number of ether oxygens (including phenoxy) is 1. The van der Waals surface area contributed by atoms with Crippen molar-refractivity contribution in [2.45, 2.75) is 39.3 Å². The smallest absolute Gasteiger partial charge is 0.146 e. The average Bonchev–Trinajstić information content (AvgIpc) is 2.96. The molecule has 0 radical (unpaired) electrons. The van der Waals surface area contributed by atoms with Gasteiger partial charge in [-0.15, -0.1) is 0 Å². The molecule has 2 heterocycles. The molecule has 5 nitrogen and oxygen atoms in total. The van der Waals surface area contributed by atoms with E-state index >= 15 is 0 Å². The number of methoxy groups -OCH3 is 1. The van der Waals surface area contributed by atoms with Gasteiger partial charge in [-0.25, -0.2) is 9.67 Å². The third-order valence-corrected chi connectivity index (χ3v) is 4.26. The second kappa shape index (κ2) is 5.76. The lowest BCUT2D eigenvalue weighted by molar-refractivity contribution is 0.410. The molecule has 1 aromatic heterocycles. The highest BCUT2D eigenvalue weighted by atomic mass is 16.5. The van der Waals surface area contributed by atoms with Crippen LogP contribution < -0.4 is 9.64 Å². The monoisotopic (exact) mass is 286 g/mol. The SMILES string of the molecule is CCn1ncnc1CN1CC[C@H](C)c2cccc(OC)c21. The van der Waals surface area contributed by atoms with E-state index in [0.29, 0.717) is 5.92 Å². The van der Waals surface area contributed by atoms with E-state index in [2.05, 4.69) is 41.0 Å². The van der Waals surface area contributed by atoms with Crippen LogP contribution in [0.2, 0.25) is 0 Å². The summed E-state index contributed by atoms with van der Waals surface area (Å²) in [5.41, 5.74) is 2.58. The van der Waals surface area contributed by atoms with Crippen LogP contribution in [0.25, 0.3) is 0 Å². The topological polar surface area (TPSA) is 43.2 Å². The Morgan fingerprint density at radius 2 is 2.24 bits per heavy atom. The minimum Gasteiger partial charge on any atom is -0.495 e. The number of nitrogens with zero attached hydrogens (tertiary/aromatic N) is 4. The van der Waals surface area contributed by atoms with Crippen LogP contribution in [0, 0.1) is 0 Å². The number of hydrogen-bond acceptors (Lipinski definition) is 4. The first-order valence-electron chi connectivity index (χ1n) is 7.53. The number of aryl methyl sites for hydroxylation is 1. The van der Waals surface area contributed by atoms with E-state index in [4.69, 9.17) is 4.74 Å². The molecule has 0 amide bonds. The molecule has 0 aliphatic carbocycles. The molecule has 1 aliphatic heterocycles. The van der Waals surface area contributed by atoms with Gasteiger partial charge in [0.2, 0.25) is 0 Å². The largest absolute Gasteiger partial charge is 0.495 e. The van der Waals surface area contributed by atoms with E-state index in [1.165, 1.54) is 11.3 Å². The molecule has 3 rings (SSSR count). The number of rotatable bonds is 4. The summed E-state index contributed by atoms with van der Waals surface area (Å²) in [6.45, 7) is 7.01. The first-order chi connectivity index (χ1) is 10.2. The number of aromatic nitrogens is 3. The predicted octanol–water partition coefficient (Wildman–Crippen LogP) is 2.82. The normalized spacial score (nSPS) is 17.7. The van der Waals surface area contributed by atoms with Gasteiger partial charge in [-0.3, -0.25) is 0 Å². The third kappa shape index (κ3) is 2.48. The first kappa shape index (κ1) is 13.9. The second-order valence-electron chi connectivity index (χ2n) is 5.50. The predicted molar refractivity (Wildman–Crippen MR) is 82.8 cm³/mol. The third-order valence-electron chi connectivity index (χ3n) is 4.26. The molecule has 112 valence electrons. The summed E-state index contributed by atoms with van der Waals surface area (Å²) in [5.74, 6) is 2.51. The summed E-state index contributed by atoms with van der Waals surface area (Å²) in [6, 6.07) is 6.32. The molecular weight excluding hydrogens is 264 g/mol. The van der Waals surface area contributed by atoms with E-state index in [-0.39, 0.29) is 0 Å². The van der Waals surface area contributed by atoms with Crippen molar-refractivity contribution in [3.05, 3.63) is 35.9 Å². The van der Waals surface area contributed by atoms with Gasteiger partial charge in [-0.05, 0) is 30.9 Å². The van der Waals surface area contributed by atoms with Crippen molar-refractivity contribution in [3.8, 4) is 5.75 Å². The number of hydrogen-bond donors (Lipinski definition) is 0. The zero-order valence-electron chi connectivity index (χ0n) is 12.9. The number of benzene rings is 1. The van der Waals surface area contributed by atoms with Gasteiger partial charge in [-0.2, -0.15) is 5.10 Å². The van der Waals surface area contributed by atoms with E-state index < -0.39 is 0 Å². The van der Waals surface area contributed by atoms with Crippen LogP contribution in [-0.4, -0.2) is 28.4 Å². The minimum absolute atomic E-state index is 0.565. The quantitative estimate of drug-likeness (QED) is 0.867. The van der Waals surface area contributed by atoms with Gasteiger partial charge in [0.1, 0.15) is 17.9 Å². The van der Waals surface area contributed by atoms with E-state index in [0.717, 1.165) is 37.6 Å². The molecular formula is C16H22N4O. The zero-order chi connectivity index (χ0) is 14.8. The van der Waals surface area contributed by atoms with Crippen molar-refractivity contribution in [2.24, 2.45) is 0 Å². The fraction of sp³-hybridized carbons (Fsp3) is 0.500. The number of para-hydroxylation sites is 1. The van der Waals surface area contributed by atoms with E-state index in [9.17, 15) is 0 Å².